The number of hydrogen-bond acceptors (Lipinski definition) is 7. The fourth-order valence-electron chi connectivity index (χ4n) is 5.16. The zero-order valence-electron chi connectivity index (χ0n) is 25.3. The van der Waals surface area contributed by atoms with Crippen molar-refractivity contribution in [1.29, 1.82) is 0 Å². The Balaban J connectivity index is 1.31. The highest BCUT2D eigenvalue weighted by molar-refractivity contribution is 6.31. The third-order valence-electron chi connectivity index (χ3n) is 7.23. The molecule has 0 aliphatic carbocycles. The van der Waals surface area contributed by atoms with Gasteiger partial charge in [-0.3, -0.25) is 9.59 Å². The molecule has 0 aliphatic rings. The van der Waals surface area contributed by atoms with Gasteiger partial charge in [-0.25, -0.2) is 4.79 Å². The summed E-state index contributed by atoms with van der Waals surface area (Å²) in [5, 5.41) is 15.6. The zero-order chi connectivity index (χ0) is 32.4. The normalized spacial score (nSPS) is 12.2. The molecule has 0 bridgehead atoms. The molecule has 12 heteroatoms. The molecule has 1 atom stereocenters. The van der Waals surface area contributed by atoms with Crippen LogP contribution in [0.25, 0.3) is 27.7 Å². The number of fused-ring (bicyclic) bond motifs is 1. The molecule has 232 valence electrons. The molecule has 0 fully saturated rings. The summed E-state index contributed by atoms with van der Waals surface area (Å²) in [6.45, 7) is 5.41. The highest BCUT2D eigenvalue weighted by atomic mass is 35.5. The fraction of sp³-hybridized carbons (Fsp3) is 0.176. The van der Waals surface area contributed by atoms with Crippen molar-refractivity contribution in [2.75, 3.05) is 5.32 Å². The number of nitrogens with zero attached hydrogens (tertiary/aromatic N) is 5. The van der Waals surface area contributed by atoms with Crippen LogP contribution < -0.4 is 10.9 Å². The number of carbonyl (C=O) groups excluding carboxylic acids is 2. The number of halogens is 1. The van der Waals surface area contributed by atoms with Crippen molar-refractivity contribution in [3.05, 3.63) is 124 Å². The number of tetrazole rings is 1. The van der Waals surface area contributed by atoms with Crippen molar-refractivity contribution in [1.82, 2.24) is 29.8 Å². The number of nitrogens with one attached hydrogen (secondary N) is 2. The first-order valence-corrected chi connectivity index (χ1v) is 14.9. The second kappa shape index (κ2) is 12.4. The van der Waals surface area contributed by atoms with Crippen molar-refractivity contribution < 1.29 is 14.3 Å². The van der Waals surface area contributed by atoms with E-state index in [0.29, 0.717) is 38.7 Å². The van der Waals surface area contributed by atoms with Crippen LogP contribution in [0.2, 0.25) is 5.02 Å². The maximum atomic E-state index is 13.9. The van der Waals surface area contributed by atoms with E-state index in [1.54, 1.807) is 75.5 Å². The minimum atomic E-state index is -0.874. The summed E-state index contributed by atoms with van der Waals surface area (Å²) >= 11 is 6.31. The number of amides is 1. The maximum absolute atomic E-state index is 13.9. The topological polar surface area (TPSA) is 137 Å². The van der Waals surface area contributed by atoms with Crippen molar-refractivity contribution >= 4 is 40.1 Å². The van der Waals surface area contributed by atoms with Gasteiger partial charge < -0.3 is 19.6 Å². The van der Waals surface area contributed by atoms with Crippen LogP contribution in [-0.4, -0.2) is 47.2 Å². The lowest BCUT2D eigenvalue weighted by Crippen LogP contribution is -2.34. The summed E-state index contributed by atoms with van der Waals surface area (Å²) in [5.41, 5.74) is 3.30. The number of aromatic amines is 1. The van der Waals surface area contributed by atoms with Gasteiger partial charge in [-0.15, -0.1) is 5.10 Å². The number of rotatable bonds is 8. The van der Waals surface area contributed by atoms with Gasteiger partial charge in [-0.1, -0.05) is 41.9 Å². The van der Waals surface area contributed by atoms with Crippen molar-refractivity contribution in [2.45, 2.75) is 38.8 Å². The number of esters is 1. The van der Waals surface area contributed by atoms with Gasteiger partial charge in [-0.2, -0.15) is 4.68 Å². The highest BCUT2D eigenvalue weighted by Gasteiger charge is 2.24. The summed E-state index contributed by atoms with van der Waals surface area (Å²) in [5.74, 6) is -0.846. The van der Waals surface area contributed by atoms with Crippen molar-refractivity contribution in [3.8, 4) is 16.8 Å². The molecule has 0 spiro atoms. The van der Waals surface area contributed by atoms with Crippen molar-refractivity contribution in [3.63, 3.8) is 0 Å². The Morgan fingerprint density at radius 3 is 2.52 bits per heavy atom. The quantitative estimate of drug-likeness (QED) is 0.196. The molecule has 0 aliphatic heterocycles. The Bertz CT molecular complexity index is 2100. The summed E-state index contributed by atoms with van der Waals surface area (Å²) in [6.07, 6.45) is 3.34. The summed E-state index contributed by atoms with van der Waals surface area (Å²) in [6, 6.07) is 24.0. The van der Waals surface area contributed by atoms with E-state index in [-0.39, 0.29) is 17.9 Å². The van der Waals surface area contributed by atoms with E-state index in [1.165, 1.54) is 21.6 Å². The van der Waals surface area contributed by atoms with E-state index in [0.717, 1.165) is 10.9 Å². The number of hydrogen-bond donors (Lipinski definition) is 2. The van der Waals surface area contributed by atoms with Gasteiger partial charge in [0.25, 0.3) is 5.56 Å². The van der Waals surface area contributed by atoms with E-state index in [4.69, 9.17) is 16.3 Å². The molecule has 0 saturated heterocycles. The minimum absolute atomic E-state index is 0.272. The van der Waals surface area contributed by atoms with Crippen LogP contribution in [0.4, 0.5) is 5.69 Å². The van der Waals surface area contributed by atoms with Gasteiger partial charge in [0, 0.05) is 45.9 Å². The first-order chi connectivity index (χ1) is 22.0. The van der Waals surface area contributed by atoms with E-state index in [9.17, 15) is 14.4 Å². The molecule has 1 unspecified atom stereocenters. The van der Waals surface area contributed by atoms with Gasteiger partial charge >= 0.3 is 5.97 Å². The SMILES string of the molecule is CC(C)(C)OC(=O)c1cc2cc(NC(=O)C(Cc3ccccc3)n3ccc(-c4cc(Cl)ccc4-n4cnnn4)cc3=O)ccc2[nH]1. The lowest BCUT2D eigenvalue weighted by Gasteiger charge is -2.20. The molecule has 11 nitrogen and oxygen atoms in total. The van der Waals surface area contributed by atoms with Crippen LogP contribution in [0.1, 0.15) is 42.9 Å². The molecule has 3 heterocycles. The number of carbonyl (C=O) groups is 2. The molecular weight excluding hydrogens is 606 g/mol. The van der Waals surface area contributed by atoms with Crippen LogP contribution in [0.3, 0.4) is 0 Å². The predicted molar refractivity (Wildman–Crippen MR) is 175 cm³/mol. The molecule has 46 heavy (non-hydrogen) atoms. The Kier molecular flexibility index (Phi) is 8.25. The number of aromatic nitrogens is 6. The first-order valence-electron chi connectivity index (χ1n) is 14.5. The molecule has 0 saturated carbocycles. The van der Waals surface area contributed by atoms with Gasteiger partial charge in [0.15, 0.2) is 0 Å². The second-order valence-corrected chi connectivity index (χ2v) is 12.2. The standard InChI is InChI=1S/C34H30ClN7O4/c1-34(2,3)46-33(45)28-17-23-16-25(10-11-27(23)38-28)37-32(44)30(15-21-7-5-4-6-8-21)41-14-13-22(18-31(41)43)26-19-24(35)9-12-29(26)42-20-36-39-40-42/h4-14,16-20,30,38H,15H2,1-3H3,(H,37,44). The van der Waals surface area contributed by atoms with Gasteiger partial charge in [0.05, 0.1) is 5.69 Å². The Hall–Kier alpha value is -5.55. The molecular formula is C34H30ClN7O4. The summed E-state index contributed by atoms with van der Waals surface area (Å²) < 4.78 is 8.38. The van der Waals surface area contributed by atoms with E-state index in [1.807, 2.05) is 30.3 Å². The second-order valence-electron chi connectivity index (χ2n) is 11.8. The Morgan fingerprint density at radius 1 is 1.00 bits per heavy atom. The van der Waals surface area contributed by atoms with Gasteiger partial charge in [0.1, 0.15) is 23.7 Å². The average Bonchev–Trinajstić information content (AvgIpc) is 3.70. The Labute approximate surface area is 268 Å². The third-order valence-corrected chi connectivity index (χ3v) is 7.47. The van der Waals surface area contributed by atoms with Crippen LogP contribution in [-0.2, 0) is 16.0 Å². The number of ether oxygens (including phenoxy) is 1. The van der Waals surface area contributed by atoms with Crippen molar-refractivity contribution in [2.24, 2.45) is 0 Å². The van der Waals surface area contributed by atoms with Crippen LogP contribution in [0.5, 0.6) is 0 Å². The largest absolute Gasteiger partial charge is 0.455 e. The lowest BCUT2D eigenvalue weighted by atomic mass is 10.0. The predicted octanol–water partition coefficient (Wildman–Crippen LogP) is 6.00. The van der Waals surface area contributed by atoms with E-state index < -0.39 is 17.6 Å². The molecule has 3 aromatic heterocycles. The molecule has 1 amide bonds. The smallest absolute Gasteiger partial charge is 0.355 e. The maximum Gasteiger partial charge on any atom is 0.355 e. The van der Waals surface area contributed by atoms with Crippen LogP contribution >= 0.6 is 11.6 Å². The monoisotopic (exact) mass is 635 g/mol. The third kappa shape index (κ3) is 6.74. The average molecular weight is 636 g/mol. The Morgan fingerprint density at radius 2 is 1.80 bits per heavy atom. The molecule has 6 rings (SSSR count). The number of pyridine rings is 1. The van der Waals surface area contributed by atoms with Gasteiger partial charge in [-0.05, 0) is 90.9 Å². The first kappa shape index (κ1) is 30.5. The summed E-state index contributed by atoms with van der Waals surface area (Å²) in [4.78, 5) is 43.2. The molecule has 0 radical (unpaired) electrons. The number of benzene rings is 3. The molecule has 6 aromatic rings. The van der Waals surface area contributed by atoms with E-state index in [2.05, 4.69) is 25.8 Å². The van der Waals surface area contributed by atoms with Gasteiger partial charge in [0.2, 0.25) is 5.91 Å². The highest BCUT2D eigenvalue weighted by Crippen LogP contribution is 2.29. The minimum Gasteiger partial charge on any atom is -0.455 e. The molecule has 3 aromatic carbocycles. The van der Waals surface area contributed by atoms with Crippen LogP contribution in [0, 0.1) is 0 Å². The molecule has 2 N–H and O–H groups in total. The number of anilines is 1. The fourth-order valence-corrected chi connectivity index (χ4v) is 5.33. The van der Waals surface area contributed by atoms with Crippen LogP contribution in [0.15, 0.2) is 102 Å². The number of H-pyrrole nitrogens is 1. The van der Waals surface area contributed by atoms with E-state index >= 15 is 0 Å². The zero-order valence-corrected chi connectivity index (χ0v) is 26.0. The lowest BCUT2D eigenvalue weighted by molar-refractivity contribution is -0.119. The summed E-state index contributed by atoms with van der Waals surface area (Å²) in [7, 11) is 0.